The van der Waals surface area contributed by atoms with Crippen LogP contribution in [0.3, 0.4) is 0 Å². The molecule has 0 spiro atoms. The third-order valence-corrected chi connectivity index (χ3v) is 3.71. The Morgan fingerprint density at radius 2 is 2.04 bits per heavy atom. The van der Waals surface area contributed by atoms with Crippen molar-refractivity contribution in [1.82, 2.24) is 24.5 Å². The molecule has 0 radical (unpaired) electrons. The lowest BCUT2D eigenvalue weighted by Gasteiger charge is -2.16. The van der Waals surface area contributed by atoms with Crippen molar-refractivity contribution in [2.45, 2.75) is 33.7 Å². The number of aromatic nitrogens is 4. The van der Waals surface area contributed by atoms with Crippen LogP contribution in [-0.2, 0) is 18.4 Å². The third kappa shape index (κ3) is 4.92. The monoisotopic (exact) mass is 318 g/mol. The highest BCUT2D eigenvalue weighted by molar-refractivity contribution is 5.92. The van der Waals surface area contributed by atoms with Crippen LogP contribution < -0.4 is 5.32 Å². The number of nitrogens with one attached hydrogen (secondary N) is 1. The van der Waals surface area contributed by atoms with Crippen LogP contribution in [0.25, 0.3) is 0 Å². The average Bonchev–Trinajstić information content (AvgIpc) is 2.91. The zero-order valence-electron chi connectivity index (χ0n) is 14.6. The van der Waals surface area contributed by atoms with Crippen molar-refractivity contribution in [3.8, 4) is 0 Å². The first-order valence-electron chi connectivity index (χ1n) is 7.85. The molecule has 0 aliphatic heterocycles. The Bertz CT molecular complexity index is 672. The number of nitrogens with zero attached hydrogens (tertiary/aromatic N) is 5. The molecule has 2 rings (SSSR count). The fourth-order valence-electron chi connectivity index (χ4n) is 2.63. The van der Waals surface area contributed by atoms with Crippen molar-refractivity contribution in [2.24, 2.45) is 7.05 Å². The molecular weight excluding hydrogens is 292 g/mol. The topological polar surface area (TPSA) is 68.0 Å². The lowest BCUT2D eigenvalue weighted by molar-refractivity contribution is -0.117. The molecule has 0 aromatic carbocycles. The summed E-state index contributed by atoms with van der Waals surface area (Å²) in [6.07, 6.45) is 2.77. The van der Waals surface area contributed by atoms with E-state index in [2.05, 4.69) is 28.5 Å². The highest BCUT2D eigenvalue weighted by Gasteiger charge is 2.10. The first kappa shape index (κ1) is 17.2. The lowest BCUT2D eigenvalue weighted by atomic mass is 10.3. The van der Waals surface area contributed by atoms with Gasteiger partial charge in [0.2, 0.25) is 5.91 Å². The molecule has 1 N–H and O–H groups in total. The summed E-state index contributed by atoms with van der Waals surface area (Å²) in [5, 5.41) is 11.6. The molecule has 0 bridgehead atoms. The summed E-state index contributed by atoms with van der Waals surface area (Å²) in [7, 11) is 3.80. The van der Waals surface area contributed by atoms with Crippen molar-refractivity contribution in [2.75, 3.05) is 25.5 Å². The van der Waals surface area contributed by atoms with Crippen LogP contribution >= 0.6 is 0 Å². The minimum Gasteiger partial charge on any atom is -0.322 e. The maximum absolute atomic E-state index is 12.1. The van der Waals surface area contributed by atoms with Crippen LogP contribution in [0.1, 0.15) is 23.5 Å². The number of hydrogen-bond donors (Lipinski definition) is 1. The predicted octanol–water partition coefficient (Wildman–Crippen LogP) is 1.50. The van der Waals surface area contributed by atoms with E-state index < -0.39 is 0 Å². The molecule has 1 amide bonds. The van der Waals surface area contributed by atoms with Crippen LogP contribution in [0, 0.1) is 20.8 Å². The zero-order chi connectivity index (χ0) is 17.0. The SMILES string of the molecule is Cc1cc(C)n(CCCN(C)CC(=O)Nc2cn(C)nc2C)n1. The molecule has 2 heterocycles. The van der Waals surface area contributed by atoms with Crippen molar-refractivity contribution < 1.29 is 4.79 Å². The second-order valence-corrected chi connectivity index (χ2v) is 6.09. The van der Waals surface area contributed by atoms with Gasteiger partial charge in [-0.3, -0.25) is 19.1 Å². The van der Waals surface area contributed by atoms with Crippen LogP contribution in [0.5, 0.6) is 0 Å². The largest absolute Gasteiger partial charge is 0.322 e. The van der Waals surface area contributed by atoms with Gasteiger partial charge in [0, 0.05) is 32.0 Å². The third-order valence-electron chi connectivity index (χ3n) is 3.71. The van der Waals surface area contributed by atoms with Crippen LogP contribution in [-0.4, -0.2) is 50.5 Å². The Labute approximate surface area is 137 Å². The molecular formula is C16H26N6O. The number of likely N-dealkylation sites (N-methyl/N-ethyl adjacent to an activating group) is 1. The molecule has 2 aromatic rings. The first-order chi connectivity index (χ1) is 10.8. The standard InChI is InChI=1S/C16H26N6O/c1-12-9-13(2)22(18-12)8-6-7-20(4)11-16(23)17-15-10-21(5)19-14(15)3/h9-10H,6-8,11H2,1-5H3,(H,17,23). The molecule has 23 heavy (non-hydrogen) atoms. The molecule has 0 aliphatic carbocycles. The van der Waals surface area contributed by atoms with E-state index >= 15 is 0 Å². The molecule has 7 heteroatoms. The Kier molecular flexibility index (Phi) is 5.54. The zero-order valence-corrected chi connectivity index (χ0v) is 14.6. The molecule has 0 unspecified atom stereocenters. The number of anilines is 1. The number of carbonyl (C=O) groups is 1. The lowest BCUT2D eigenvalue weighted by Crippen LogP contribution is -2.31. The van der Waals surface area contributed by atoms with E-state index in [0.717, 1.165) is 36.6 Å². The van der Waals surface area contributed by atoms with Gasteiger partial charge in [-0.1, -0.05) is 0 Å². The van der Waals surface area contributed by atoms with E-state index in [0.29, 0.717) is 6.54 Å². The van der Waals surface area contributed by atoms with E-state index in [9.17, 15) is 4.79 Å². The Morgan fingerprint density at radius 1 is 1.30 bits per heavy atom. The number of hydrogen-bond acceptors (Lipinski definition) is 4. The van der Waals surface area contributed by atoms with Gasteiger partial charge in [-0.2, -0.15) is 10.2 Å². The highest BCUT2D eigenvalue weighted by atomic mass is 16.2. The van der Waals surface area contributed by atoms with Gasteiger partial charge in [-0.25, -0.2) is 0 Å². The number of amides is 1. The second kappa shape index (κ2) is 7.41. The minimum atomic E-state index is -0.0188. The van der Waals surface area contributed by atoms with Gasteiger partial charge in [0.25, 0.3) is 0 Å². The van der Waals surface area contributed by atoms with Crippen molar-refractivity contribution in [3.05, 3.63) is 29.3 Å². The maximum atomic E-state index is 12.1. The smallest absolute Gasteiger partial charge is 0.238 e. The molecule has 0 saturated carbocycles. The quantitative estimate of drug-likeness (QED) is 0.840. The molecule has 0 fully saturated rings. The summed E-state index contributed by atoms with van der Waals surface area (Å²) in [4.78, 5) is 14.1. The maximum Gasteiger partial charge on any atom is 0.238 e. The summed E-state index contributed by atoms with van der Waals surface area (Å²) in [5.41, 5.74) is 3.82. The van der Waals surface area contributed by atoms with Gasteiger partial charge in [-0.05, 0) is 40.3 Å². The van der Waals surface area contributed by atoms with E-state index in [1.165, 1.54) is 5.69 Å². The van der Waals surface area contributed by atoms with Crippen LogP contribution in [0.4, 0.5) is 5.69 Å². The molecule has 2 aromatic heterocycles. The first-order valence-corrected chi connectivity index (χ1v) is 7.85. The van der Waals surface area contributed by atoms with Crippen molar-refractivity contribution in [1.29, 1.82) is 0 Å². The van der Waals surface area contributed by atoms with E-state index in [1.807, 2.05) is 43.7 Å². The summed E-state index contributed by atoms with van der Waals surface area (Å²) in [5.74, 6) is -0.0188. The Balaban J connectivity index is 1.73. The summed E-state index contributed by atoms with van der Waals surface area (Å²) < 4.78 is 3.71. The summed E-state index contributed by atoms with van der Waals surface area (Å²) >= 11 is 0. The normalized spacial score (nSPS) is 11.2. The van der Waals surface area contributed by atoms with E-state index in [-0.39, 0.29) is 5.91 Å². The van der Waals surface area contributed by atoms with Crippen molar-refractivity contribution in [3.63, 3.8) is 0 Å². The average molecular weight is 318 g/mol. The molecule has 0 atom stereocenters. The van der Waals surface area contributed by atoms with Gasteiger partial charge in [0.05, 0.1) is 23.6 Å². The van der Waals surface area contributed by atoms with E-state index in [1.54, 1.807) is 4.68 Å². The van der Waals surface area contributed by atoms with Gasteiger partial charge >= 0.3 is 0 Å². The number of carbonyl (C=O) groups excluding carboxylic acids is 1. The predicted molar refractivity (Wildman–Crippen MR) is 90.4 cm³/mol. The minimum absolute atomic E-state index is 0.0188. The fourth-order valence-corrected chi connectivity index (χ4v) is 2.63. The van der Waals surface area contributed by atoms with Crippen LogP contribution in [0.15, 0.2) is 12.3 Å². The number of rotatable bonds is 7. The Morgan fingerprint density at radius 3 is 2.61 bits per heavy atom. The van der Waals surface area contributed by atoms with Gasteiger partial charge in [0.1, 0.15) is 0 Å². The van der Waals surface area contributed by atoms with Crippen molar-refractivity contribution >= 4 is 11.6 Å². The molecule has 0 saturated heterocycles. The summed E-state index contributed by atoms with van der Waals surface area (Å²) in [6, 6.07) is 2.08. The molecule has 126 valence electrons. The highest BCUT2D eigenvalue weighted by Crippen LogP contribution is 2.11. The molecule has 7 nitrogen and oxygen atoms in total. The van der Waals surface area contributed by atoms with Gasteiger partial charge in [0.15, 0.2) is 0 Å². The van der Waals surface area contributed by atoms with E-state index in [4.69, 9.17) is 0 Å². The Hall–Kier alpha value is -2.15. The fraction of sp³-hybridized carbons (Fsp3) is 0.562. The second-order valence-electron chi connectivity index (χ2n) is 6.09. The van der Waals surface area contributed by atoms with Gasteiger partial charge in [-0.15, -0.1) is 0 Å². The summed E-state index contributed by atoms with van der Waals surface area (Å²) in [6.45, 7) is 8.03. The van der Waals surface area contributed by atoms with Gasteiger partial charge < -0.3 is 5.32 Å². The van der Waals surface area contributed by atoms with Crippen LogP contribution in [0.2, 0.25) is 0 Å². The molecule has 0 aliphatic rings. The number of aryl methyl sites for hydroxylation is 5.